The fourth-order valence-electron chi connectivity index (χ4n) is 2.81. The molecule has 29 heavy (non-hydrogen) atoms. The van der Waals surface area contributed by atoms with Crippen LogP contribution >= 0.6 is 7.94 Å². The number of anilines is 1. The van der Waals surface area contributed by atoms with Crippen LogP contribution in [0.1, 0.15) is 18.3 Å². The Morgan fingerprint density at radius 3 is 2.41 bits per heavy atom. The summed E-state index contributed by atoms with van der Waals surface area (Å²) in [6.45, 7) is 0.680. The van der Waals surface area contributed by atoms with Crippen molar-refractivity contribution in [2.24, 2.45) is 5.90 Å². The van der Waals surface area contributed by atoms with Crippen molar-refractivity contribution >= 4 is 19.5 Å². The number of carbonyl (C=O) groups is 1. The van der Waals surface area contributed by atoms with Crippen LogP contribution in [-0.2, 0) is 28.3 Å². The molecule has 1 radical (unpaired) electrons. The van der Waals surface area contributed by atoms with Gasteiger partial charge in [-0.25, -0.2) is 0 Å². The van der Waals surface area contributed by atoms with Gasteiger partial charge in [-0.3, -0.25) is 4.79 Å². The number of nitrogens with one attached hydrogen (secondary N) is 1. The smallest absolute Gasteiger partial charge is 0.394 e. The summed E-state index contributed by atoms with van der Waals surface area (Å²) in [6.07, 6.45) is -7.39. The summed E-state index contributed by atoms with van der Waals surface area (Å²) in [5, 5.41) is 42.9. The third-order valence-electron chi connectivity index (χ3n) is 4.30. The molecule has 7 atom stereocenters. The molecule has 0 aromatic heterocycles. The maximum Gasteiger partial charge on any atom is 0.510 e. The molecular formula is C16H25N2O10P+. The molecule has 1 fully saturated rings. The predicted octanol–water partition coefficient (Wildman–Crippen LogP) is -0.810. The van der Waals surface area contributed by atoms with E-state index in [-0.39, 0.29) is 11.5 Å². The highest BCUT2D eigenvalue weighted by molar-refractivity contribution is 7.60. The SMILES string of the molecule is CO[C@@H]1O[C@H](CO)[C@H](O)[C@H](O[P+]([O])(ON)C(O)c2ccc(NC(C)=O)cc2)[C@H]1O. The van der Waals surface area contributed by atoms with Crippen molar-refractivity contribution in [3.8, 4) is 0 Å². The number of carbonyl (C=O) groups excluding carboxylic acids is 1. The second-order valence-corrected chi connectivity index (χ2v) is 8.32. The lowest BCUT2D eigenvalue weighted by molar-refractivity contribution is -0.292. The first-order chi connectivity index (χ1) is 13.7. The number of ether oxygens (including phenoxy) is 2. The van der Waals surface area contributed by atoms with E-state index >= 15 is 0 Å². The standard InChI is InChI=1S/C16H25N2O10P/c1-8(20)18-10-5-3-9(4-6-10)15(23)29(24,28-17)27-14-12(21)11(7-19)26-16(25-2)13(14)22/h3-6,11-16,19,21-23H,7,17H2,1-2H3,(H,18,20)/q+1/t11-,12+,13-,14+,15?,16-,29?/m1/s1. The van der Waals surface area contributed by atoms with Crippen molar-refractivity contribution in [1.29, 1.82) is 0 Å². The molecular weight excluding hydrogens is 411 g/mol. The van der Waals surface area contributed by atoms with Gasteiger partial charge in [-0.05, 0) is 12.1 Å². The first kappa shape index (κ1) is 24.0. The number of amides is 1. The Bertz CT molecular complexity index is 664. The first-order valence-corrected chi connectivity index (χ1v) is 10.2. The number of aliphatic hydroxyl groups excluding tert-OH is 4. The minimum absolute atomic E-state index is 0.0749. The zero-order valence-corrected chi connectivity index (χ0v) is 16.6. The van der Waals surface area contributed by atoms with Crippen LogP contribution in [0.4, 0.5) is 5.69 Å². The number of benzene rings is 1. The summed E-state index contributed by atoms with van der Waals surface area (Å²) in [6, 6.07) is 5.61. The lowest BCUT2D eigenvalue weighted by Crippen LogP contribution is -2.59. The van der Waals surface area contributed by atoms with E-state index in [1.165, 1.54) is 38.3 Å². The summed E-state index contributed by atoms with van der Waals surface area (Å²) < 4.78 is 19.8. The monoisotopic (exact) mass is 436 g/mol. The predicted molar refractivity (Wildman–Crippen MR) is 98.2 cm³/mol. The van der Waals surface area contributed by atoms with E-state index in [2.05, 4.69) is 9.94 Å². The van der Waals surface area contributed by atoms with Crippen molar-refractivity contribution in [1.82, 2.24) is 0 Å². The summed E-state index contributed by atoms with van der Waals surface area (Å²) >= 11 is 0. The molecule has 163 valence electrons. The molecule has 12 nitrogen and oxygen atoms in total. The van der Waals surface area contributed by atoms with E-state index in [1.807, 2.05) is 0 Å². The number of nitrogens with two attached hydrogens (primary N) is 1. The van der Waals surface area contributed by atoms with E-state index in [1.54, 1.807) is 0 Å². The molecule has 1 aromatic carbocycles. The van der Waals surface area contributed by atoms with Crippen molar-refractivity contribution in [3.05, 3.63) is 29.8 Å². The lowest BCUT2D eigenvalue weighted by atomic mass is 9.99. The largest absolute Gasteiger partial charge is 0.510 e. The van der Waals surface area contributed by atoms with Gasteiger partial charge in [-0.1, -0.05) is 16.8 Å². The summed E-state index contributed by atoms with van der Waals surface area (Å²) in [7, 11) is -3.33. The lowest BCUT2D eigenvalue weighted by Gasteiger charge is -2.40. The van der Waals surface area contributed by atoms with Crippen LogP contribution in [0, 0.1) is 0 Å². The molecule has 1 saturated heterocycles. The van der Waals surface area contributed by atoms with Gasteiger partial charge in [0.05, 0.1) is 6.61 Å². The molecule has 7 N–H and O–H groups in total. The molecule has 0 spiro atoms. The normalized spacial score (nSPS) is 30.4. The minimum Gasteiger partial charge on any atom is -0.394 e. The fraction of sp³-hybridized carbons (Fsp3) is 0.562. The van der Waals surface area contributed by atoms with Gasteiger partial charge >= 0.3 is 7.94 Å². The first-order valence-electron chi connectivity index (χ1n) is 8.54. The molecule has 1 aliphatic heterocycles. The van der Waals surface area contributed by atoms with Crippen LogP contribution in [-0.4, -0.2) is 70.8 Å². The maximum absolute atomic E-state index is 13.0. The Labute approximate surface area is 167 Å². The molecule has 2 rings (SSSR count). The number of aliphatic hydroxyl groups is 4. The van der Waals surface area contributed by atoms with Crippen molar-refractivity contribution in [3.63, 3.8) is 0 Å². The molecule has 13 heteroatoms. The van der Waals surface area contributed by atoms with Gasteiger partial charge in [-0.15, -0.1) is 0 Å². The third-order valence-corrected chi connectivity index (χ3v) is 6.03. The average Bonchev–Trinajstić information content (AvgIpc) is 2.71. The van der Waals surface area contributed by atoms with Gasteiger partial charge in [-0.2, -0.15) is 10.4 Å². The number of methoxy groups -OCH3 is 1. The number of hydrogen-bond acceptors (Lipinski definition) is 10. The van der Waals surface area contributed by atoms with Crippen LogP contribution in [0.3, 0.4) is 0 Å². The van der Waals surface area contributed by atoms with Gasteiger partial charge in [0.15, 0.2) is 12.4 Å². The van der Waals surface area contributed by atoms with E-state index in [9.17, 15) is 30.1 Å². The zero-order chi connectivity index (χ0) is 21.8. The molecule has 0 saturated carbocycles. The van der Waals surface area contributed by atoms with Crippen LogP contribution in [0.2, 0.25) is 0 Å². The molecule has 2 unspecified atom stereocenters. The van der Waals surface area contributed by atoms with E-state index in [0.29, 0.717) is 5.69 Å². The quantitative estimate of drug-likeness (QED) is 0.222. The minimum atomic E-state index is -4.54. The Balaban J connectivity index is 2.23. The van der Waals surface area contributed by atoms with Crippen molar-refractivity contribution < 1.29 is 48.7 Å². The highest BCUT2D eigenvalue weighted by Crippen LogP contribution is 2.68. The maximum atomic E-state index is 13.0. The van der Waals surface area contributed by atoms with Gasteiger partial charge in [0.2, 0.25) is 5.91 Å². The second-order valence-electron chi connectivity index (χ2n) is 6.33. The van der Waals surface area contributed by atoms with E-state index < -0.39 is 51.1 Å². The Morgan fingerprint density at radius 2 is 1.93 bits per heavy atom. The Hall–Kier alpha value is -1.28. The topological polar surface area (TPSA) is 193 Å². The number of hydrogen-bond donors (Lipinski definition) is 6. The summed E-state index contributed by atoms with van der Waals surface area (Å²) in [5.74, 6) is 2.92. The molecule has 1 heterocycles. The van der Waals surface area contributed by atoms with E-state index in [0.717, 1.165) is 0 Å². The second kappa shape index (κ2) is 10.2. The van der Waals surface area contributed by atoms with Gasteiger partial charge < -0.3 is 35.2 Å². The van der Waals surface area contributed by atoms with Gasteiger partial charge in [0, 0.05) is 30.2 Å². The highest BCUT2D eigenvalue weighted by Gasteiger charge is 2.60. The molecule has 0 aliphatic carbocycles. The third kappa shape index (κ3) is 5.45. The fourth-order valence-corrected chi connectivity index (χ4v) is 4.21. The van der Waals surface area contributed by atoms with Crippen molar-refractivity contribution in [2.75, 3.05) is 19.0 Å². The highest BCUT2D eigenvalue weighted by atomic mass is 31.2. The van der Waals surface area contributed by atoms with Gasteiger partial charge in [0.25, 0.3) is 5.85 Å². The molecule has 1 aromatic rings. The Kier molecular flexibility index (Phi) is 8.40. The summed E-state index contributed by atoms with van der Waals surface area (Å²) in [5.41, 5.74) is 0.507. The van der Waals surface area contributed by atoms with Crippen LogP contribution < -0.4 is 11.2 Å². The van der Waals surface area contributed by atoms with E-state index in [4.69, 9.17) is 19.9 Å². The van der Waals surface area contributed by atoms with Crippen LogP contribution in [0.15, 0.2) is 24.3 Å². The van der Waals surface area contributed by atoms with Crippen molar-refractivity contribution in [2.45, 2.75) is 43.5 Å². The summed E-state index contributed by atoms with van der Waals surface area (Å²) in [4.78, 5) is 24.1. The Morgan fingerprint density at radius 1 is 1.31 bits per heavy atom. The molecule has 1 amide bonds. The molecule has 1 aliphatic rings. The van der Waals surface area contributed by atoms with Gasteiger partial charge in [0.1, 0.15) is 18.3 Å². The average molecular weight is 436 g/mol. The molecule has 0 bridgehead atoms. The zero-order valence-electron chi connectivity index (χ0n) is 15.7. The number of rotatable bonds is 8. The van der Waals surface area contributed by atoms with Crippen LogP contribution in [0.25, 0.3) is 0 Å². The van der Waals surface area contributed by atoms with Crippen LogP contribution in [0.5, 0.6) is 0 Å².